The van der Waals surface area contributed by atoms with Crippen LogP contribution in [0, 0.1) is 23.8 Å². The topological polar surface area (TPSA) is 63.1 Å². The first-order chi connectivity index (χ1) is 25.3. The number of hydrogen-bond acceptors (Lipinski definition) is 4. The van der Waals surface area contributed by atoms with Gasteiger partial charge in [-0.2, -0.15) is 11.6 Å². The number of pyridine rings is 2. The molecule has 0 unspecified atom stereocenters. The number of aromatic nitrogens is 2. The Morgan fingerprint density at radius 2 is 1.42 bits per heavy atom. The fourth-order valence-corrected chi connectivity index (χ4v) is 8.78. The fraction of sp³-hybridized carbons (Fsp3) is 0.312. The number of carbonyl (C=O) groups is 1. The molecule has 0 aliphatic heterocycles. The molecule has 1 spiro atoms. The number of benzene rings is 4. The standard InChI is InChI=1S/C35H25N2.C13H24O2.Ir/c1-21(2)18-22-14-15-23-20-37-34-26-16-17-36-31-13-7-12-30(32(26)31)35(33(34)27(23)19-22)28-10-5-3-8-24(28)25-9-4-6-11-29(25)35;1-5-10(6-2)12(14)9-13(15)11(7-3)8-4;/h3-15,17,19-21H,18H2,1-2H3;9-11,14H,5-8H2,1-4H3;/q-1;;/b;12-9-;. The minimum atomic E-state index is -0.477. The quantitative estimate of drug-likeness (QED) is 0.0891. The van der Waals surface area contributed by atoms with Crippen LogP contribution in [0.15, 0.2) is 109 Å². The van der Waals surface area contributed by atoms with Gasteiger partial charge in [-0.15, -0.1) is 0 Å². The minimum Gasteiger partial charge on any atom is -0.512 e. The zero-order valence-corrected chi connectivity index (χ0v) is 34.1. The Morgan fingerprint density at radius 1 is 0.792 bits per heavy atom. The number of hydrogen-bond donors (Lipinski definition) is 1. The molecule has 2 heterocycles. The van der Waals surface area contributed by atoms with Crippen molar-refractivity contribution in [1.82, 2.24) is 9.97 Å². The molecule has 5 heteroatoms. The number of aliphatic hydroxyl groups is 1. The van der Waals surface area contributed by atoms with E-state index in [1.54, 1.807) is 6.20 Å². The van der Waals surface area contributed by atoms with Gasteiger partial charge in [0.05, 0.1) is 11.2 Å². The summed E-state index contributed by atoms with van der Waals surface area (Å²) in [5.74, 6) is 1.14. The summed E-state index contributed by atoms with van der Waals surface area (Å²) in [5, 5.41) is 13.4. The third-order valence-electron chi connectivity index (χ3n) is 11.4. The number of ketones is 1. The van der Waals surface area contributed by atoms with Gasteiger partial charge in [0.2, 0.25) is 0 Å². The first-order valence-corrected chi connectivity index (χ1v) is 19.1. The van der Waals surface area contributed by atoms with Crippen LogP contribution in [0.1, 0.15) is 95.0 Å². The molecule has 0 saturated carbocycles. The molecule has 0 fully saturated rings. The van der Waals surface area contributed by atoms with Gasteiger partial charge in [-0.25, -0.2) is 0 Å². The summed E-state index contributed by atoms with van der Waals surface area (Å²) in [5.41, 5.74) is 11.8. The van der Waals surface area contributed by atoms with Gasteiger partial charge in [-0.1, -0.05) is 137 Å². The van der Waals surface area contributed by atoms with E-state index in [9.17, 15) is 9.90 Å². The van der Waals surface area contributed by atoms with E-state index in [4.69, 9.17) is 9.97 Å². The average molecular weight is 878 g/mol. The van der Waals surface area contributed by atoms with E-state index in [1.807, 2.05) is 33.9 Å². The van der Waals surface area contributed by atoms with Crippen molar-refractivity contribution in [3.63, 3.8) is 0 Å². The maximum absolute atomic E-state index is 11.7. The summed E-state index contributed by atoms with van der Waals surface area (Å²) in [6.45, 7) is 12.6. The van der Waals surface area contributed by atoms with Crippen molar-refractivity contribution in [2.24, 2.45) is 17.8 Å². The zero-order valence-electron chi connectivity index (χ0n) is 31.7. The fourth-order valence-electron chi connectivity index (χ4n) is 8.78. The summed E-state index contributed by atoms with van der Waals surface area (Å²) < 4.78 is 0. The Morgan fingerprint density at radius 3 is 2.04 bits per heavy atom. The number of fused-ring (bicyclic) bond motifs is 11. The Kier molecular flexibility index (Phi) is 11.5. The third-order valence-corrected chi connectivity index (χ3v) is 11.4. The van der Waals surface area contributed by atoms with Gasteiger partial charge in [0.25, 0.3) is 0 Å². The maximum atomic E-state index is 11.7. The summed E-state index contributed by atoms with van der Waals surface area (Å²) in [7, 11) is 0. The van der Waals surface area contributed by atoms with Crippen LogP contribution in [0.4, 0.5) is 0 Å². The van der Waals surface area contributed by atoms with Crippen molar-refractivity contribution in [2.75, 3.05) is 0 Å². The van der Waals surface area contributed by atoms with Gasteiger partial charge in [-0.05, 0) is 94.6 Å². The van der Waals surface area contributed by atoms with E-state index < -0.39 is 5.41 Å². The second kappa shape index (κ2) is 15.9. The van der Waals surface area contributed by atoms with Crippen LogP contribution in [0.5, 0.6) is 0 Å². The first kappa shape index (κ1) is 38.3. The Balaban J connectivity index is 0.000000258. The molecule has 2 aliphatic carbocycles. The molecule has 273 valence electrons. The van der Waals surface area contributed by atoms with Crippen molar-refractivity contribution in [3.8, 4) is 22.4 Å². The van der Waals surface area contributed by atoms with Crippen LogP contribution in [-0.4, -0.2) is 20.9 Å². The zero-order chi connectivity index (χ0) is 36.6. The van der Waals surface area contributed by atoms with E-state index in [-0.39, 0.29) is 43.5 Å². The van der Waals surface area contributed by atoms with Crippen molar-refractivity contribution in [3.05, 3.63) is 143 Å². The van der Waals surface area contributed by atoms with Crippen LogP contribution < -0.4 is 0 Å². The number of carbonyl (C=O) groups excluding carboxylic acids is 1. The van der Waals surface area contributed by atoms with Crippen molar-refractivity contribution in [2.45, 2.75) is 79.1 Å². The van der Waals surface area contributed by atoms with Gasteiger partial charge < -0.3 is 10.1 Å². The smallest absolute Gasteiger partial charge is 0.162 e. The molecule has 0 atom stereocenters. The van der Waals surface area contributed by atoms with Gasteiger partial charge in [0.1, 0.15) is 0 Å². The molecule has 2 aliphatic rings. The molecular formula is C48H49IrN2O2-. The monoisotopic (exact) mass is 878 g/mol. The SMILES string of the molecule is CC(C)Cc1ccc2cnc3c(c2c1)C1(c2ccccc2-c2ccccc21)c1cccc2nc[c-]c-3c12.CCC(CC)C(=O)/C=C(\O)C(CC)CC.[Ir]. The van der Waals surface area contributed by atoms with Crippen molar-refractivity contribution < 1.29 is 30.0 Å². The molecule has 6 aromatic rings. The maximum Gasteiger partial charge on any atom is 0.162 e. The van der Waals surface area contributed by atoms with E-state index in [1.165, 1.54) is 55.8 Å². The molecule has 0 bridgehead atoms. The van der Waals surface area contributed by atoms with E-state index in [2.05, 4.69) is 105 Å². The number of nitrogens with zero attached hydrogens (tertiary/aromatic N) is 2. The molecule has 0 amide bonds. The summed E-state index contributed by atoms with van der Waals surface area (Å²) >= 11 is 0. The Bertz CT molecular complexity index is 2260. The van der Waals surface area contributed by atoms with E-state index >= 15 is 0 Å². The molecule has 1 radical (unpaired) electrons. The second-order valence-electron chi connectivity index (χ2n) is 14.8. The summed E-state index contributed by atoms with van der Waals surface area (Å²) in [4.78, 5) is 21.6. The van der Waals surface area contributed by atoms with Crippen molar-refractivity contribution in [1.29, 1.82) is 0 Å². The molecule has 8 rings (SSSR count). The molecule has 4 aromatic carbocycles. The summed E-state index contributed by atoms with van der Waals surface area (Å²) in [6.07, 6.45) is 9.81. The molecule has 0 saturated heterocycles. The minimum absolute atomic E-state index is 0. The van der Waals surface area contributed by atoms with Gasteiger partial charge in [0.15, 0.2) is 5.78 Å². The molecule has 1 N–H and O–H groups in total. The van der Waals surface area contributed by atoms with E-state index in [0.29, 0.717) is 5.92 Å². The van der Waals surface area contributed by atoms with Crippen LogP contribution in [0.2, 0.25) is 0 Å². The van der Waals surface area contributed by atoms with Gasteiger partial charge in [-0.3, -0.25) is 9.78 Å². The number of allylic oxidation sites excluding steroid dienone is 2. The number of rotatable bonds is 9. The molecule has 53 heavy (non-hydrogen) atoms. The Hall–Kier alpha value is -4.44. The molecule has 4 nitrogen and oxygen atoms in total. The summed E-state index contributed by atoms with van der Waals surface area (Å²) in [6, 6.07) is 34.9. The first-order valence-electron chi connectivity index (χ1n) is 19.1. The predicted molar refractivity (Wildman–Crippen MR) is 215 cm³/mol. The Labute approximate surface area is 328 Å². The molecular weight excluding hydrogens is 829 g/mol. The number of aliphatic hydroxyl groups excluding tert-OH is 1. The van der Waals surface area contributed by atoms with Crippen LogP contribution in [-0.2, 0) is 36.7 Å². The normalized spacial score (nSPS) is 13.5. The third kappa shape index (κ3) is 6.47. The molecule has 2 aromatic heterocycles. The van der Waals surface area contributed by atoms with Crippen molar-refractivity contribution >= 4 is 27.5 Å². The van der Waals surface area contributed by atoms with Gasteiger partial charge in [0, 0.05) is 49.7 Å². The van der Waals surface area contributed by atoms with Gasteiger partial charge >= 0.3 is 0 Å². The van der Waals surface area contributed by atoms with Crippen LogP contribution >= 0.6 is 0 Å². The second-order valence-corrected chi connectivity index (χ2v) is 14.8. The van der Waals surface area contributed by atoms with Crippen LogP contribution in [0.25, 0.3) is 44.1 Å². The van der Waals surface area contributed by atoms with Crippen LogP contribution in [0.3, 0.4) is 0 Å². The largest absolute Gasteiger partial charge is 0.512 e. The average Bonchev–Trinajstić information content (AvgIpc) is 3.45. The predicted octanol–water partition coefficient (Wildman–Crippen LogP) is 12.0. The van der Waals surface area contributed by atoms with E-state index in [0.717, 1.165) is 54.3 Å².